The van der Waals surface area contributed by atoms with Gasteiger partial charge in [-0.15, -0.1) is 0 Å². The maximum atomic E-state index is 12.0. The fraction of sp³-hybridized carbons (Fsp3) is 0.909. The first-order valence-electron chi connectivity index (χ1n) is 5.83. The molecule has 15 heavy (non-hydrogen) atoms. The van der Waals surface area contributed by atoms with Gasteiger partial charge in [0.2, 0.25) is 5.91 Å². The summed E-state index contributed by atoms with van der Waals surface area (Å²) in [6.45, 7) is 4.21. The lowest BCUT2D eigenvalue weighted by molar-refractivity contribution is -0.136. The number of amides is 1. The van der Waals surface area contributed by atoms with Crippen LogP contribution < -0.4 is 5.32 Å². The fourth-order valence-corrected chi connectivity index (χ4v) is 2.32. The molecule has 1 atom stereocenters. The fourth-order valence-electron chi connectivity index (χ4n) is 2.32. The Morgan fingerprint density at radius 2 is 2.13 bits per heavy atom. The Bertz CT molecular complexity index is 237. The molecule has 2 heterocycles. The van der Waals surface area contributed by atoms with Crippen LogP contribution in [0.1, 0.15) is 32.6 Å². The zero-order valence-electron chi connectivity index (χ0n) is 9.33. The molecule has 2 fully saturated rings. The van der Waals surface area contributed by atoms with Crippen LogP contribution in [-0.4, -0.2) is 47.2 Å². The van der Waals surface area contributed by atoms with Gasteiger partial charge in [-0.1, -0.05) is 0 Å². The molecule has 0 radical (unpaired) electrons. The first kappa shape index (κ1) is 10.9. The number of nitrogens with one attached hydrogen (secondary N) is 1. The second-order valence-corrected chi connectivity index (χ2v) is 4.97. The molecule has 0 aliphatic carbocycles. The highest BCUT2D eigenvalue weighted by atomic mass is 16.3. The molecule has 4 nitrogen and oxygen atoms in total. The summed E-state index contributed by atoms with van der Waals surface area (Å²) in [4.78, 5) is 13.9. The maximum absolute atomic E-state index is 12.0. The van der Waals surface area contributed by atoms with Crippen LogP contribution in [0.3, 0.4) is 0 Å². The number of nitrogens with zero attached hydrogens (tertiary/aromatic N) is 1. The zero-order valence-corrected chi connectivity index (χ0v) is 9.33. The minimum Gasteiger partial charge on any atom is -0.390 e. The summed E-state index contributed by atoms with van der Waals surface area (Å²) in [6.07, 6.45) is 3.46. The number of piperidine rings is 1. The van der Waals surface area contributed by atoms with Crippen molar-refractivity contribution in [1.29, 1.82) is 0 Å². The van der Waals surface area contributed by atoms with E-state index in [1.54, 1.807) is 0 Å². The highest BCUT2D eigenvalue weighted by molar-refractivity contribution is 5.82. The first-order chi connectivity index (χ1) is 7.08. The molecule has 0 aromatic rings. The molecule has 0 saturated carbocycles. The summed E-state index contributed by atoms with van der Waals surface area (Å²) in [5, 5.41) is 13.0. The summed E-state index contributed by atoms with van der Waals surface area (Å²) < 4.78 is 0. The number of carbonyl (C=O) groups is 1. The third kappa shape index (κ3) is 2.49. The monoisotopic (exact) mass is 212 g/mol. The molecule has 0 aromatic carbocycles. The van der Waals surface area contributed by atoms with E-state index in [-0.39, 0.29) is 11.9 Å². The summed E-state index contributed by atoms with van der Waals surface area (Å²) in [6, 6.07) is 0.0352. The van der Waals surface area contributed by atoms with Crippen molar-refractivity contribution in [3.05, 3.63) is 0 Å². The second-order valence-electron chi connectivity index (χ2n) is 4.97. The van der Waals surface area contributed by atoms with Gasteiger partial charge < -0.3 is 15.3 Å². The average molecular weight is 212 g/mol. The lowest BCUT2D eigenvalue weighted by Crippen LogP contribution is -2.50. The molecular weight excluding hydrogens is 192 g/mol. The van der Waals surface area contributed by atoms with Crippen LogP contribution in [0.2, 0.25) is 0 Å². The van der Waals surface area contributed by atoms with E-state index in [1.165, 1.54) is 0 Å². The molecule has 2 aliphatic rings. The normalized spacial score (nSPS) is 30.5. The largest absolute Gasteiger partial charge is 0.390 e. The van der Waals surface area contributed by atoms with Crippen molar-refractivity contribution in [2.24, 2.45) is 0 Å². The van der Waals surface area contributed by atoms with Crippen LogP contribution in [0.4, 0.5) is 0 Å². The Morgan fingerprint density at radius 3 is 2.67 bits per heavy atom. The lowest BCUT2D eigenvalue weighted by atomic mass is 9.93. The molecular formula is C11H20N2O2. The molecule has 0 bridgehead atoms. The van der Waals surface area contributed by atoms with Crippen LogP contribution >= 0.6 is 0 Å². The minimum absolute atomic E-state index is 0.0352. The number of carbonyl (C=O) groups excluding carboxylic acids is 1. The predicted molar refractivity (Wildman–Crippen MR) is 57.5 cm³/mol. The highest BCUT2D eigenvalue weighted by Crippen LogP contribution is 2.22. The van der Waals surface area contributed by atoms with Gasteiger partial charge in [-0.3, -0.25) is 4.79 Å². The van der Waals surface area contributed by atoms with Gasteiger partial charge >= 0.3 is 0 Å². The number of hydrogen-bond acceptors (Lipinski definition) is 3. The Morgan fingerprint density at radius 1 is 1.47 bits per heavy atom. The smallest absolute Gasteiger partial charge is 0.239 e. The van der Waals surface area contributed by atoms with Crippen molar-refractivity contribution in [2.45, 2.75) is 44.2 Å². The van der Waals surface area contributed by atoms with Crippen LogP contribution in [0.15, 0.2) is 0 Å². The molecule has 4 heteroatoms. The van der Waals surface area contributed by atoms with E-state index in [4.69, 9.17) is 0 Å². The van der Waals surface area contributed by atoms with E-state index in [0.29, 0.717) is 25.9 Å². The van der Waals surface area contributed by atoms with Gasteiger partial charge in [-0.25, -0.2) is 0 Å². The molecule has 2 N–H and O–H groups in total. The topological polar surface area (TPSA) is 52.6 Å². The van der Waals surface area contributed by atoms with E-state index in [1.807, 2.05) is 11.8 Å². The van der Waals surface area contributed by atoms with Crippen molar-refractivity contribution in [3.8, 4) is 0 Å². The van der Waals surface area contributed by atoms with Crippen molar-refractivity contribution in [2.75, 3.05) is 19.6 Å². The molecule has 86 valence electrons. The maximum Gasteiger partial charge on any atom is 0.239 e. The van der Waals surface area contributed by atoms with Gasteiger partial charge in [0.25, 0.3) is 0 Å². The highest BCUT2D eigenvalue weighted by Gasteiger charge is 2.33. The minimum atomic E-state index is -0.570. The van der Waals surface area contributed by atoms with Crippen molar-refractivity contribution in [3.63, 3.8) is 0 Å². The van der Waals surface area contributed by atoms with E-state index in [2.05, 4.69) is 5.32 Å². The van der Waals surface area contributed by atoms with Gasteiger partial charge in [-0.05, 0) is 39.2 Å². The van der Waals surface area contributed by atoms with E-state index in [0.717, 1.165) is 19.4 Å². The zero-order chi connectivity index (χ0) is 10.9. The Hall–Kier alpha value is -0.610. The standard InChI is InChI=1S/C11H20N2O2/c1-11(15)4-7-13(8-5-11)10(14)9-3-2-6-12-9/h9,12,15H,2-8H2,1H3/t9-/m0/s1. The van der Waals surface area contributed by atoms with Crippen molar-refractivity contribution in [1.82, 2.24) is 10.2 Å². The van der Waals surface area contributed by atoms with Crippen molar-refractivity contribution < 1.29 is 9.90 Å². The summed E-state index contributed by atoms with van der Waals surface area (Å²) in [5.41, 5.74) is -0.570. The summed E-state index contributed by atoms with van der Waals surface area (Å²) in [5.74, 6) is 0.225. The predicted octanol–water partition coefficient (Wildman–Crippen LogP) is 0.112. The summed E-state index contributed by atoms with van der Waals surface area (Å²) in [7, 11) is 0. The van der Waals surface area contributed by atoms with E-state index in [9.17, 15) is 9.90 Å². The lowest BCUT2D eigenvalue weighted by Gasteiger charge is -2.36. The molecule has 2 rings (SSSR count). The third-order valence-electron chi connectivity index (χ3n) is 3.51. The molecule has 1 amide bonds. The van der Waals surface area contributed by atoms with Gasteiger partial charge in [0.15, 0.2) is 0 Å². The number of rotatable bonds is 1. The number of aliphatic hydroxyl groups is 1. The van der Waals surface area contributed by atoms with E-state index >= 15 is 0 Å². The molecule has 2 aliphatic heterocycles. The number of likely N-dealkylation sites (tertiary alicyclic amines) is 1. The molecule has 2 saturated heterocycles. The van der Waals surface area contributed by atoms with Gasteiger partial charge in [0, 0.05) is 13.1 Å². The van der Waals surface area contributed by atoms with Crippen LogP contribution in [-0.2, 0) is 4.79 Å². The Balaban J connectivity index is 1.87. The quantitative estimate of drug-likeness (QED) is 0.649. The Labute approximate surface area is 90.6 Å². The third-order valence-corrected chi connectivity index (χ3v) is 3.51. The van der Waals surface area contributed by atoms with Gasteiger partial charge in [0.1, 0.15) is 0 Å². The number of hydrogen-bond donors (Lipinski definition) is 2. The van der Waals surface area contributed by atoms with Crippen molar-refractivity contribution >= 4 is 5.91 Å². The molecule has 0 spiro atoms. The van der Waals surface area contributed by atoms with Gasteiger partial charge in [-0.2, -0.15) is 0 Å². The van der Waals surface area contributed by atoms with E-state index < -0.39 is 5.60 Å². The first-order valence-corrected chi connectivity index (χ1v) is 5.83. The second kappa shape index (κ2) is 4.10. The molecule has 0 unspecified atom stereocenters. The Kier molecular flexibility index (Phi) is 2.98. The summed E-state index contributed by atoms with van der Waals surface area (Å²) >= 11 is 0. The van der Waals surface area contributed by atoms with Crippen LogP contribution in [0, 0.1) is 0 Å². The van der Waals surface area contributed by atoms with Crippen LogP contribution in [0.5, 0.6) is 0 Å². The SMILES string of the molecule is CC1(O)CCN(C(=O)[C@@H]2CCCN2)CC1. The van der Waals surface area contributed by atoms with Gasteiger partial charge in [0.05, 0.1) is 11.6 Å². The van der Waals surface area contributed by atoms with Crippen LogP contribution in [0.25, 0.3) is 0 Å². The average Bonchev–Trinajstić information content (AvgIpc) is 2.69. The molecule has 0 aromatic heterocycles.